The predicted molar refractivity (Wildman–Crippen MR) is 279 cm³/mol. The second-order valence-corrected chi connectivity index (χ2v) is 18.9. The van der Waals surface area contributed by atoms with E-state index >= 15 is 0 Å². The maximum atomic E-state index is 12.2. The van der Waals surface area contributed by atoms with Crippen LogP contribution in [0.4, 0.5) is 4.79 Å². The molecule has 0 saturated carbocycles. The fourth-order valence-corrected chi connectivity index (χ4v) is 9.04. The van der Waals surface area contributed by atoms with Crippen LogP contribution in [-0.2, 0) is 61.9 Å². The van der Waals surface area contributed by atoms with Crippen LogP contribution in [0.15, 0.2) is 12.2 Å². The van der Waals surface area contributed by atoms with Gasteiger partial charge in [-0.05, 0) is 45.4 Å². The third-order valence-corrected chi connectivity index (χ3v) is 13.1. The molecule has 2 saturated heterocycles. The van der Waals surface area contributed by atoms with E-state index in [9.17, 15) is 39.0 Å². The summed E-state index contributed by atoms with van der Waals surface area (Å²) in [6, 6.07) is -0.455. The van der Waals surface area contributed by atoms with Gasteiger partial charge in [0.15, 0.2) is 0 Å². The lowest BCUT2D eigenvalue weighted by Gasteiger charge is -2.19. The van der Waals surface area contributed by atoms with Crippen molar-refractivity contribution in [1.82, 2.24) is 37.2 Å². The van der Waals surface area contributed by atoms with Crippen molar-refractivity contribution in [2.24, 2.45) is 0 Å². The third-order valence-electron chi connectivity index (χ3n) is 11.6. The molecular formula is C50H91N7O16S. The number of aliphatic hydroxyl groups is 2. The lowest BCUT2D eigenvalue weighted by Crippen LogP contribution is -2.45. The molecule has 0 unspecified atom stereocenters. The van der Waals surface area contributed by atoms with E-state index in [1.165, 1.54) is 6.08 Å². The van der Waals surface area contributed by atoms with Crippen LogP contribution < -0.4 is 37.2 Å². The number of urea groups is 1. The molecule has 2 rings (SSSR count). The van der Waals surface area contributed by atoms with E-state index in [0.717, 1.165) is 63.5 Å². The Hall–Kier alpha value is -3.69. The number of unbranched alkanes of at least 4 members (excludes halogenated alkanes) is 5. The summed E-state index contributed by atoms with van der Waals surface area (Å²) < 4.78 is 43.9. The van der Waals surface area contributed by atoms with E-state index in [4.69, 9.17) is 37.9 Å². The van der Waals surface area contributed by atoms with Gasteiger partial charge >= 0.3 is 6.03 Å². The van der Waals surface area contributed by atoms with Crippen LogP contribution in [0.2, 0.25) is 0 Å². The molecule has 24 heteroatoms. The summed E-state index contributed by atoms with van der Waals surface area (Å²) in [6.45, 7) is 9.87. The van der Waals surface area contributed by atoms with E-state index in [1.54, 1.807) is 13.0 Å². The summed E-state index contributed by atoms with van der Waals surface area (Å²) in [6.07, 6.45) is 11.1. The number of fused-ring (bicyclic) bond motifs is 1. The average Bonchev–Trinajstić information content (AvgIpc) is 3.95. The standard InChI is InChI=1S/C50H91N7O16S/c1-2-11-42(59)40(38-58)55-48(64)17-16-47(63)54-21-23-67-25-27-69-29-31-71-33-35-73-37-36-72-34-32-70-30-28-68-26-24-66-22-20-53-46(62)14-6-4-10-18-51-44(60)13-5-3-9-19-52-45(61)15-8-7-12-43-49-41(39-74-43)56-50(65)57-49/h2,11,40-43,49,58-59H,3-10,12-39H2,1H3,(H,51,60)(H,52,61)(H,53,62)(H,54,63)(H,55,64)(H2,56,57,65)/b11-2+/t40-,41+,42+,43+,49+/m1/s1. The second-order valence-electron chi connectivity index (χ2n) is 17.7. The van der Waals surface area contributed by atoms with Gasteiger partial charge in [0.2, 0.25) is 29.5 Å². The van der Waals surface area contributed by atoms with E-state index in [1.807, 2.05) is 11.8 Å². The van der Waals surface area contributed by atoms with Gasteiger partial charge < -0.3 is 85.3 Å². The number of allylic oxidation sites excluding steroid dienone is 1. The molecule has 0 aromatic rings. The Balaban J connectivity index is 1.18. The Morgan fingerprint density at radius 2 is 0.932 bits per heavy atom. The molecule has 0 aliphatic carbocycles. The molecule has 0 radical (unpaired) electrons. The first kappa shape index (κ1) is 66.4. The number of rotatable bonds is 51. The molecule has 2 fully saturated rings. The highest BCUT2D eigenvalue weighted by Crippen LogP contribution is 2.33. The summed E-state index contributed by atoms with van der Waals surface area (Å²) in [5, 5.41) is 39.5. The first-order chi connectivity index (χ1) is 36.1. The van der Waals surface area contributed by atoms with Gasteiger partial charge in [-0.25, -0.2) is 4.79 Å². The number of amides is 7. The van der Waals surface area contributed by atoms with Gasteiger partial charge in [-0.15, -0.1) is 0 Å². The van der Waals surface area contributed by atoms with Crippen molar-refractivity contribution in [3.05, 3.63) is 12.2 Å². The number of aliphatic hydroxyl groups excluding tert-OH is 2. The number of hydrogen-bond donors (Lipinski definition) is 9. The monoisotopic (exact) mass is 1080 g/mol. The smallest absolute Gasteiger partial charge is 0.315 e. The van der Waals surface area contributed by atoms with Crippen molar-refractivity contribution < 1.29 is 76.9 Å². The minimum Gasteiger partial charge on any atom is -0.394 e. The van der Waals surface area contributed by atoms with E-state index < -0.39 is 24.7 Å². The Kier molecular flexibility index (Phi) is 41.8. The number of carbonyl (C=O) groups excluding carboxylic acids is 6. The summed E-state index contributed by atoms with van der Waals surface area (Å²) in [5.74, 6) is 0.300. The molecule has 0 spiro atoms. The third kappa shape index (κ3) is 37.1. The normalized spacial score (nSPS) is 16.9. The Morgan fingerprint density at radius 1 is 0.541 bits per heavy atom. The molecule has 7 amide bonds. The number of thioether (sulfide) groups is 1. The Labute approximate surface area is 442 Å². The maximum Gasteiger partial charge on any atom is 0.315 e. The lowest BCUT2D eigenvalue weighted by atomic mass is 10.0. The SMILES string of the molecule is C/C=C/[C@H](O)[C@@H](CO)NC(=O)CCC(=O)NCCOCCOCCOCCOCCOCCOCCOCCOCCNC(=O)CCCCCNC(=O)CCCCCNC(=O)CCCC[C@@H]1SC[C@@H]2NC(=O)N[C@@H]21. The number of hydrogen-bond acceptors (Lipinski definition) is 17. The summed E-state index contributed by atoms with van der Waals surface area (Å²) in [5.41, 5.74) is 0. The molecule has 2 aliphatic heterocycles. The highest BCUT2D eigenvalue weighted by Gasteiger charge is 2.42. The second kappa shape index (κ2) is 46.6. The lowest BCUT2D eigenvalue weighted by molar-refractivity contribution is -0.127. The van der Waals surface area contributed by atoms with Crippen molar-refractivity contribution in [2.45, 2.75) is 126 Å². The van der Waals surface area contributed by atoms with Crippen molar-refractivity contribution >= 4 is 47.3 Å². The molecule has 0 bridgehead atoms. The van der Waals surface area contributed by atoms with Gasteiger partial charge in [0.25, 0.3) is 0 Å². The van der Waals surface area contributed by atoms with Crippen LogP contribution in [0.5, 0.6) is 0 Å². The van der Waals surface area contributed by atoms with Crippen LogP contribution in [0, 0.1) is 0 Å². The molecule has 428 valence electrons. The zero-order chi connectivity index (χ0) is 53.5. The summed E-state index contributed by atoms with van der Waals surface area (Å²) >= 11 is 1.90. The molecule has 5 atom stereocenters. The number of carbonyl (C=O) groups is 6. The summed E-state index contributed by atoms with van der Waals surface area (Å²) in [7, 11) is 0. The van der Waals surface area contributed by atoms with Crippen molar-refractivity contribution in [3.8, 4) is 0 Å². The average molecular weight is 1080 g/mol. The van der Waals surface area contributed by atoms with E-state index in [-0.39, 0.29) is 54.6 Å². The summed E-state index contributed by atoms with van der Waals surface area (Å²) in [4.78, 5) is 71.9. The predicted octanol–water partition coefficient (Wildman–Crippen LogP) is 0.625. The van der Waals surface area contributed by atoms with Crippen LogP contribution in [0.3, 0.4) is 0 Å². The van der Waals surface area contributed by atoms with Gasteiger partial charge in [-0.2, -0.15) is 11.8 Å². The fraction of sp³-hybridized carbons (Fsp3) is 0.840. The van der Waals surface area contributed by atoms with Crippen LogP contribution in [-0.4, -0.2) is 220 Å². The Morgan fingerprint density at radius 3 is 1.36 bits per heavy atom. The molecule has 0 aromatic carbocycles. The maximum absolute atomic E-state index is 12.2. The van der Waals surface area contributed by atoms with Gasteiger partial charge in [0.05, 0.1) is 137 Å². The molecule has 74 heavy (non-hydrogen) atoms. The topological polar surface area (TPSA) is 301 Å². The molecule has 2 aliphatic rings. The zero-order valence-corrected chi connectivity index (χ0v) is 44.8. The molecule has 23 nitrogen and oxygen atoms in total. The van der Waals surface area contributed by atoms with Crippen molar-refractivity contribution in [1.29, 1.82) is 0 Å². The van der Waals surface area contributed by atoms with Gasteiger partial charge in [-0.1, -0.05) is 31.4 Å². The molecule has 0 aromatic heterocycles. The largest absolute Gasteiger partial charge is 0.394 e. The van der Waals surface area contributed by atoms with Gasteiger partial charge in [0.1, 0.15) is 0 Å². The number of ether oxygens (including phenoxy) is 8. The molecular weight excluding hydrogens is 987 g/mol. The Bertz CT molecular complexity index is 1520. The minimum absolute atomic E-state index is 0.0165. The number of nitrogens with one attached hydrogen (secondary N) is 7. The van der Waals surface area contributed by atoms with Crippen LogP contribution in [0.1, 0.15) is 96.8 Å². The first-order valence-electron chi connectivity index (χ1n) is 26.7. The van der Waals surface area contributed by atoms with E-state index in [2.05, 4.69) is 37.2 Å². The highest BCUT2D eigenvalue weighted by molar-refractivity contribution is 8.00. The van der Waals surface area contributed by atoms with Crippen molar-refractivity contribution in [2.75, 3.05) is 144 Å². The highest BCUT2D eigenvalue weighted by atomic mass is 32.2. The van der Waals surface area contributed by atoms with Gasteiger partial charge in [-0.3, -0.25) is 24.0 Å². The van der Waals surface area contributed by atoms with Crippen LogP contribution >= 0.6 is 11.8 Å². The fourth-order valence-electron chi connectivity index (χ4n) is 7.50. The minimum atomic E-state index is -1.01. The van der Waals surface area contributed by atoms with Gasteiger partial charge in [0, 0.05) is 69.3 Å². The molecule has 9 N–H and O–H groups in total. The quantitative estimate of drug-likeness (QED) is 0.0229. The first-order valence-corrected chi connectivity index (χ1v) is 27.8. The van der Waals surface area contributed by atoms with Crippen molar-refractivity contribution in [3.63, 3.8) is 0 Å². The molecule has 2 heterocycles. The van der Waals surface area contributed by atoms with E-state index in [0.29, 0.717) is 156 Å². The zero-order valence-electron chi connectivity index (χ0n) is 44.0. The van der Waals surface area contributed by atoms with Crippen LogP contribution in [0.25, 0.3) is 0 Å².